The van der Waals surface area contributed by atoms with E-state index in [1.54, 1.807) is 14.2 Å². The SMILES string of the molecule is CCC(N)C1CCN(c2ccc(OC)cc2OC)C1. The summed E-state index contributed by atoms with van der Waals surface area (Å²) in [6.07, 6.45) is 2.20. The first-order chi connectivity index (χ1) is 9.19. The van der Waals surface area contributed by atoms with Gasteiger partial charge in [0.05, 0.1) is 19.9 Å². The summed E-state index contributed by atoms with van der Waals surface area (Å²) >= 11 is 0. The molecule has 1 aromatic carbocycles. The summed E-state index contributed by atoms with van der Waals surface area (Å²) in [5.41, 5.74) is 7.29. The number of rotatable bonds is 5. The molecule has 2 rings (SSSR count). The molecule has 0 spiro atoms. The van der Waals surface area contributed by atoms with Crippen LogP contribution in [0, 0.1) is 5.92 Å². The van der Waals surface area contributed by atoms with E-state index >= 15 is 0 Å². The van der Waals surface area contributed by atoms with Crippen molar-refractivity contribution in [2.24, 2.45) is 11.7 Å². The van der Waals surface area contributed by atoms with Crippen molar-refractivity contribution in [1.82, 2.24) is 0 Å². The Bertz CT molecular complexity index is 423. The molecular weight excluding hydrogens is 240 g/mol. The van der Waals surface area contributed by atoms with Gasteiger partial charge < -0.3 is 20.1 Å². The van der Waals surface area contributed by atoms with Gasteiger partial charge >= 0.3 is 0 Å². The van der Waals surface area contributed by atoms with Gasteiger partial charge in [0.15, 0.2) is 0 Å². The Morgan fingerprint density at radius 3 is 2.79 bits per heavy atom. The van der Waals surface area contributed by atoms with Crippen molar-refractivity contribution in [1.29, 1.82) is 0 Å². The Morgan fingerprint density at radius 2 is 2.16 bits per heavy atom. The van der Waals surface area contributed by atoms with Gasteiger partial charge in [-0.1, -0.05) is 6.92 Å². The Labute approximate surface area is 115 Å². The molecular formula is C15H24N2O2. The monoisotopic (exact) mass is 264 g/mol. The van der Waals surface area contributed by atoms with Gasteiger partial charge in [0.1, 0.15) is 11.5 Å². The third-order valence-electron chi connectivity index (χ3n) is 4.03. The van der Waals surface area contributed by atoms with E-state index in [-0.39, 0.29) is 0 Å². The molecule has 4 nitrogen and oxygen atoms in total. The van der Waals surface area contributed by atoms with Crippen LogP contribution in [0.3, 0.4) is 0 Å². The molecule has 1 heterocycles. The molecule has 1 aromatic rings. The van der Waals surface area contributed by atoms with Gasteiger partial charge in [-0.15, -0.1) is 0 Å². The fourth-order valence-electron chi connectivity index (χ4n) is 2.74. The predicted molar refractivity (Wildman–Crippen MR) is 78.1 cm³/mol. The summed E-state index contributed by atoms with van der Waals surface area (Å²) in [6, 6.07) is 6.28. The molecule has 4 heteroatoms. The number of nitrogens with two attached hydrogens (primary N) is 1. The number of hydrogen-bond donors (Lipinski definition) is 1. The maximum absolute atomic E-state index is 6.16. The number of methoxy groups -OCH3 is 2. The molecule has 106 valence electrons. The minimum atomic E-state index is 0.300. The predicted octanol–water partition coefficient (Wildman–Crippen LogP) is 2.27. The topological polar surface area (TPSA) is 47.7 Å². The van der Waals surface area contributed by atoms with Crippen molar-refractivity contribution < 1.29 is 9.47 Å². The van der Waals surface area contributed by atoms with E-state index in [0.717, 1.165) is 43.1 Å². The van der Waals surface area contributed by atoms with E-state index in [4.69, 9.17) is 15.2 Å². The highest BCUT2D eigenvalue weighted by atomic mass is 16.5. The average Bonchev–Trinajstić information content (AvgIpc) is 2.95. The van der Waals surface area contributed by atoms with Crippen molar-refractivity contribution in [3.8, 4) is 11.5 Å². The Hall–Kier alpha value is -1.42. The van der Waals surface area contributed by atoms with Crippen LogP contribution in [0.4, 0.5) is 5.69 Å². The lowest BCUT2D eigenvalue weighted by Gasteiger charge is -2.23. The van der Waals surface area contributed by atoms with Gasteiger partial charge in [0, 0.05) is 25.2 Å². The van der Waals surface area contributed by atoms with Gasteiger partial charge in [-0.25, -0.2) is 0 Å². The Kier molecular flexibility index (Phi) is 4.53. The third kappa shape index (κ3) is 2.95. The zero-order chi connectivity index (χ0) is 13.8. The van der Waals surface area contributed by atoms with Crippen LogP contribution in [0.1, 0.15) is 19.8 Å². The van der Waals surface area contributed by atoms with Gasteiger partial charge in [-0.05, 0) is 30.9 Å². The minimum absolute atomic E-state index is 0.300. The van der Waals surface area contributed by atoms with Gasteiger partial charge in [0.2, 0.25) is 0 Å². The van der Waals surface area contributed by atoms with Crippen molar-refractivity contribution in [3.05, 3.63) is 18.2 Å². The van der Waals surface area contributed by atoms with Crippen LogP contribution in [-0.2, 0) is 0 Å². The van der Waals surface area contributed by atoms with Gasteiger partial charge in [-0.3, -0.25) is 0 Å². The highest BCUT2D eigenvalue weighted by Gasteiger charge is 2.28. The molecule has 0 saturated carbocycles. The molecule has 2 unspecified atom stereocenters. The van der Waals surface area contributed by atoms with E-state index in [0.29, 0.717) is 12.0 Å². The van der Waals surface area contributed by atoms with Crippen molar-refractivity contribution in [2.45, 2.75) is 25.8 Å². The van der Waals surface area contributed by atoms with Crippen LogP contribution >= 0.6 is 0 Å². The maximum atomic E-state index is 6.16. The molecule has 1 aliphatic rings. The van der Waals surface area contributed by atoms with Crippen LogP contribution in [0.5, 0.6) is 11.5 Å². The summed E-state index contributed by atoms with van der Waals surface area (Å²) in [7, 11) is 3.37. The van der Waals surface area contributed by atoms with E-state index in [1.807, 2.05) is 12.1 Å². The number of hydrogen-bond acceptors (Lipinski definition) is 4. The molecule has 2 N–H and O–H groups in total. The fraction of sp³-hybridized carbons (Fsp3) is 0.600. The molecule has 1 aliphatic heterocycles. The summed E-state index contributed by atoms with van der Waals surface area (Å²) in [5.74, 6) is 2.27. The first-order valence-corrected chi connectivity index (χ1v) is 6.92. The molecule has 2 atom stereocenters. The summed E-state index contributed by atoms with van der Waals surface area (Å²) in [6.45, 7) is 4.21. The highest BCUT2D eigenvalue weighted by Crippen LogP contribution is 2.35. The van der Waals surface area contributed by atoms with Crippen LogP contribution < -0.4 is 20.1 Å². The largest absolute Gasteiger partial charge is 0.497 e. The first kappa shape index (κ1) is 14.0. The van der Waals surface area contributed by atoms with E-state index < -0.39 is 0 Å². The first-order valence-electron chi connectivity index (χ1n) is 6.92. The lowest BCUT2D eigenvalue weighted by Crippen LogP contribution is -2.31. The van der Waals surface area contributed by atoms with Crippen LogP contribution in [0.25, 0.3) is 0 Å². The summed E-state index contributed by atoms with van der Waals surface area (Å²) < 4.78 is 10.7. The van der Waals surface area contributed by atoms with E-state index in [2.05, 4.69) is 17.9 Å². The number of nitrogens with zero attached hydrogens (tertiary/aromatic N) is 1. The maximum Gasteiger partial charge on any atom is 0.145 e. The Morgan fingerprint density at radius 1 is 1.37 bits per heavy atom. The van der Waals surface area contributed by atoms with E-state index in [1.165, 1.54) is 0 Å². The lowest BCUT2D eigenvalue weighted by molar-refractivity contribution is 0.394. The Balaban J connectivity index is 2.14. The molecule has 0 aromatic heterocycles. The third-order valence-corrected chi connectivity index (χ3v) is 4.03. The van der Waals surface area contributed by atoms with Crippen LogP contribution in [0.15, 0.2) is 18.2 Å². The zero-order valence-electron chi connectivity index (χ0n) is 12.1. The quantitative estimate of drug-likeness (QED) is 0.886. The minimum Gasteiger partial charge on any atom is -0.497 e. The second-order valence-corrected chi connectivity index (χ2v) is 5.10. The smallest absolute Gasteiger partial charge is 0.145 e. The average molecular weight is 264 g/mol. The zero-order valence-corrected chi connectivity index (χ0v) is 12.1. The van der Waals surface area contributed by atoms with Crippen molar-refractivity contribution in [3.63, 3.8) is 0 Å². The number of benzene rings is 1. The van der Waals surface area contributed by atoms with E-state index in [9.17, 15) is 0 Å². The molecule has 0 radical (unpaired) electrons. The lowest BCUT2D eigenvalue weighted by atomic mass is 9.98. The highest BCUT2D eigenvalue weighted by molar-refractivity contribution is 5.61. The van der Waals surface area contributed by atoms with Crippen LogP contribution in [0.2, 0.25) is 0 Å². The molecule has 0 bridgehead atoms. The normalized spacial score (nSPS) is 20.4. The number of ether oxygens (including phenoxy) is 2. The van der Waals surface area contributed by atoms with Crippen molar-refractivity contribution in [2.75, 3.05) is 32.2 Å². The van der Waals surface area contributed by atoms with Crippen molar-refractivity contribution >= 4 is 5.69 Å². The second-order valence-electron chi connectivity index (χ2n) is 5.10. The molecule has 1 fully saturated rings. The summed E-state index contributed by atoms with van der Waals surface area (Å²) in [4.78, 5) is 2.36. The van der Waals surface area contributed by atoms with Gasteiger partial charge in [0.25, 0.3) is 0 Å². The standard InChI is InChI=1S/C15H24N2O2/c1-4-13(16)11-7-8-17(10-11)14-6-5-12(18-2)9-15(14)19-3/h5-6,9,11,13H,4,7-8,10,16H2,1-3H3. The second kappa shape index (κ2) is 6.15. The fourth-order valence-corrected chi connectivity index (χ4v) is 2.74. The molecule has 0 aliphatic carbocycles. The van der Waals surface area contributed by atoms with Gasteiger partial charge in [-0.2, -0.15) is 0 Å². The number of anilines is 1. The van der Waals surface area contributed by atoms with Crippen LogP contribution in [-0.4, -0.2) is 33.4 Å². The molecule has 0 amide bonds. The summed E-state index contributed by atoms with van der Waals surface area (Å²) in [5, 5.41) is 0. The molecule has 1 saturated heterocycles. The molecule has 19 heavy (non-hydrogen) atoms.